The van der Waals surface area contributed by atoms with Crippen molar-refractivity contribution in [1.29, 1.82) is 0 Å². The minimum absolute atomic E-state index is 0.00320. The molecular weight excluding hydrogens is 647 g/mol. The standard InChI is InChI=1S/C35H46F3N3O8/c1-21(2)41(33(44)27-13-14-28(47-4)32(48-18-6-17-46-3)31(27)49-34(45)35(36,37)38)25-12-11-24(40-20-25)15-16-39-29(42)19-23-7-5-8-26(30(23)43)22-9-10-22/h5,7-8,13-14,21-22,24-25,40,43H,6,9-12,15-20H2,1-4H3,(H,39,42)/t24-,25-/m1/s1. The first kappa shape index (κ1) is 37.8. The highest BCUT2D eigenvalue weighted by atomic mass is 19.4. The number of esters is 1. The van der Waals surface area contributed by atoms with Gasteiger partial charge in [-0.3, -0.25) is 9.59 Å². The second-order valence-corrected chi connectivity index (χ2v) is 12.6. The largest absolute Gasteiger partial charge is 0.507 e. The molecule has 0 radical (unpaired) electrons. The summed E-state index contributed by atoms with van der Waals surface area (Å²) in [4.78, 5) is 40.3. The van der Waals surface area contributed by atoms with Crippen LogP contribution in [0.25, 0.3) is 0 Å². The summed E-state index contributed by atoms with van der Waals surface area (Å²) in [6, 6.07) is 7.56. The monoisotopic (exact) mass is 693 g/mol. The number of methoxy groups -OCH3 is 2. The van der Waals surface area contributed by atoms with Crippen LogP contribution in [0.1, 0.15) is 79.8 Å². The second-order valence-electron chi connectivity index (χ2n) is 12.6. The number of carbonyl (C=O) groups is 3. The van der Waals surface area contributed by atoms with Crippen LogP contribution in [0, 0.1) is 0 Å². The van der Waals surface area contributed by atoms with Crippen molar-refractivity contribution in [3.8, 4) is 23.0 Å². The van der Waals surface area contributed by atoms with Gasteiger partial charge in [-0.2, -0.15) is 13.2 Å². The van der Waals surface area contributed by atoms with E-state index in [0.717, 1.165) is 18.4 Å². The average Bonchev–Trinajstić information content (AvgIpc) is 3.90. The summed E-state index contributed by atoms with van der Waals surface area (Å²) in [6.45, 7) is 4.72. The van der Waals surface area contributed by atoms with E-state index in [0.29, 0.717) is 56.9 Å². The number of hydrogen-bond acceptors (Lipinski definition) is 9. The molecule has 2 fully saturated rings. The molecular formula is C35H46F3N3O8. The summed E-state index contributed by atoms with van der Waals surface area (Å²) in [6.07, 6.45) is -0.858. The molecule has 0 bridgehead atoms. The number of phenols is 1. The van der Waals surface area contributed by atoms with Gasteiger partial charge in [0.1, 0.15) is 5.75 Å². The van der Waals surface area contributed by atoms with Gasteiger partial charge in [-0.15, -0.1) is 0 Å². The molecule has 2 aromatic carbocycles. The third kappa shape index (κ3) is 10.0. The van der Waals surface area contributed by atoms with E-state index >= 15 is 0 Å². The third-order valence-corrected chi connectivity index (χ3v) is 8.70. The van der Waals surface area contributed by atoms with Crippen LogP contribution in [0.3, 0.4) is 0 Å². The number of alkyl halides is 3. The first-order valence-corrected chi connectivity index (χ1v) is 16.6. The molecule has 0 spiro atoms. The average molecular weight is 694 g/mol. The number of hydrogen-bond donors (Lipinski definition) is 3. The number of halogens is 3. The van der Waals surface area contributed by atoms with E-state index in [1.165, 1.54) is 26.4 Å². The van der Waals surface area contributed by atoms with Crippen LogP contribution in [0.4, 0.5) is 13.2 Å². The molecule has 0 aromatic heterocycles. The predicted molar refractivity (Wildman–Crippen MR) is 174 cm³/mol. The number of nitrogens with zero attached hydrogens (tertiary/aromatic N) is 1. The molecule has 11 nitrogen and oxygen atoms in total. The van der Waals surface area contributed by atoms with Gasteiger partial charge in [0.05, 0.1) is 25.7 Å². The fourth-order valence-electron chi connectivity index (χ4n) is 6.08. The Morgan fingerprint density at radius 2 is 1.80 bits per heavy atom. The van der Waals surface area contributed by atoms with Gasteiger partial charge >= 0.3 is 12.1 Å². The normalized spacial score (nSPS) is 17.8. The van der Waals surface area contributed by atoms with Crippen LogP contribution in [0.15, 0.2) is 30.3 Å². The fraction of sp³-hybridized carbons (Fsp3) is 0.571. The van der Waals surface area contributed by atoms with E-state index < -0.39 is 23.8 Å². The summed E-state index contributed by atoms with van der Waals surface area (Å²) in [5.74, 6) is -3.69. The van der Waals surface area contributed by atoms with Crippen molar-refractivity contribution in [2.24, 2.45) is 0 Å². The SMILES string of the molecule is COCCCOc1c(OC)ccc(C(=O)N(C(C)C)[C@@H]2CC[C@H](CCNC(=O)Cc3cccc(C4CC4)c3O)NC2)c1OC(=O)C(F)(F)F. The first-order valence-electron chi connectivity index (χ1n) is 16.6. The lowest BCUT2D eigenvalue weighted by molar-refractivity contribution is -0.189. The lowest BCUT2D eigenvalue weighted by atomic mass is 9.95. The summed E-state index contributed by atoms with van der Waals surface area (Å²) in [5, 5.41) is 16.9. The minimum atomic E-state index is -5.32. The van der Waals surface area contributed by atoms with Crippen LogP contribution in [-0.4, -0.2) is 92.6 Å². The minimum Gasteiger partial charge on any atom is -0.507 e. The zero-order valence-electron chi connectivity index (χ0n) is 28.4. The number of rotatable bonds is 16. The summed E-state index contributed by atoms with van der Waals surface area (Å²) < 4.78 is 60.8. The Balaban J connectivity index is 1.40. The molecule has 49 heavy (non-hydrogen) atoms. The van der Waals surface area contributed by atoms with Crippen LogP contribution in [0.2, 0.25) is 0 Å². The number of para-hydroxylation sites is 1. The topological polar surface area (TPSA) is 136 Å². The molecule has 14 heteroatoms. The third-order valence-electron chi connectivity index (χ3n) is 8.70. The summed E-state index contributed by atoms with van der Waals surface area (Å²) in [7, 11) is 2.77. The van der Waals surface area contributed by atoms with Crippen molar-refractivity contribution in [2.45, 2.75) is 89.0 Å². The number of phenolic OH excluding ortho intramolecular Hbond substituents is 1. The van der Waals surface area contributed by atoms with Gasteiger partial charge in [-0.25, -0.2) is 4.79 Å². The molecule has 270 valence electrons. The lowest BCUT2D eigenvalue weighted by Gasteiger charge is -2.40. The molecule has 1 aliphatic carbocycles. The number of nitrogens with one attached hydrogen (secondary N) is 2. The highest BCUT2D eigenvalue weighted by Crippen LogP contribution is 2.45. The fourth-order valence-corrected chi connectivity index (χ4v) is 6.08. The Kier molecular flexibility index (Phi) is 13.2. The van der Waals surface area contributed by atoms with Crippen LogP contribution in [0.5, 0.6) is 23.0 Å². The molecule has 4 rings (SSSR count). The van der Waals surface area contributed by atoms with E-state index in [-0.39, 0.29) is 59.9 Å². The number of carbonyl (C=O) groups excluding carboxylic acids is 3. The van der Waals surface area contributed by atoms with Crippen LogP contribution >= 0.6 is 0 Å². The van der Waals surface area contributed by atoms with Gasteiger partial charge in [0.25, 0.3) is 5.91 Å². The highest BCUT2D eigenvalue weighted by molar-refractivity contribution is 6.00. The van der Waals surface area contributed by atoms with Gasteiger partial charge in [-0.05, 0) is 69.6 Å². The van der Waals surface area contributed by atoms with Crippen molar-refractivity contribution in [1.82, 2.24) is 15.5 Å². The Morgan fingerprint density at radius 3 is 2.41 bits per heavy atom. The summed E-state index contributed by atoms with van der Waals surface area (Å²) in [5.41, 5.74) is 1.24. The Labute approximate surface area is 284 Å². The molecule has 2 atom stereocenters. The molecule has 1 aliphatic heterocycles. The molecule has 1 saturated heterocycles. The first-order chi connectivity index (χ1) is 23.3. The number of piperidine rings is 1. The maximum atomic E-state index is 14.1. The molecule has 2 amide bonds. The maximum absolute atomic E-state index is 14.1. The molecule has 1 saturated carbocycles. The number of benzene rings is 2. The Hall–Kier alpha value is -4.04. The quantitative estimate of drug-likeness (QED) is 0.128. The molecule has 2 aliphatic rings. The summed E-state index contributed by atoms with van der Waals surface area (Å²) >= 11 is 0. The van der Waals surface area contributed by atoms with E-state index in [9.17, 15) is 32.7 Å². The van der Waals surface area contributed by atoms with Gasteiger partial charge < -0.3 is 39.6 Å². The number of aromatic hydroxyl groups is 1. The maximum Gasteiger partial charge on any atom is 0.491 e. The van der Waals surface area contributed by atoms with Gasteiger partial charge in [0.2, 0.25) is 11.7 Å². The smallest absolute Gasteiger partial charge is 0.491 e. The predicted octanol–water partition coefficient (Wildman–Crippen LogP) is 4.88. The van der Waals surface area contributed by atoms with Gasteiger partial charge in [0.15, 0.2) is 11.5 Å². The molecule has 3 N–H and O–H groups in total. The van der Waals surface area contributed by atoms with Crippen molar-refractivity contribution < 1.29 is 51.6 Å². The molecule has 0 unspecified atom stereocenters. The lowest BCUT2D eigenvalue weighted by Crippen LogP contribution is -2.54. The number of amides is 2. The van der Waals surface area contributed by atoms with E-state index in [1.807, 2.05) is 12.1 Å². The highest BCUT2D eigenvalue weighted by Gasteiger charge is 2.43. The van der Waals surface area contributed by atoms with Crippen molar-refractivity contribution in [2.75, 3.05) is 40.5 Å². The van der Waals surface area contributed by atoms with E-state index in [1.54, 1.807) is 24.8 Å². The van der Waals surface area contributed by atoms with Crippen molar-refractivity contribution in [3.05, 3.63) is 47.0 Å². The zero-order chi connectivity index (χ0) is 35.7. The Bertz CT molecular complexity index is 1460. The van der Waals surface area contributed by atoms with Gasteiger partial charge in [-0.1, -0.05) is 18.2 Å². The van der Waals surface area contributed by atoms with Gasteiger partial charge in [0, 0.05) is 56.9 Å². The van der Waals surface area contributed by atoms with Crippen LogP contribution < -0.4 is 24.8 Å². The molecule has 2 aromatic rings. The van der Waals surface area contributed by atoms with Crippen molar-refractivity contribution in [3.63, 3.8) is 0 Å². The molecule has 1 heterocycles. The second kappa shape index (κ2) is 17.1. The zero-order valence-corrected chi connectivity index (χ0v) is 28.4. The van der Waals surface area contributed by atoms with E-state index in [4.69, 9.17) is 18.9 Å². The van der Waals surface area contributed by atoms with Crippen LogP contribution in [-0.2, 0) is 20.7 Å². The number of ether oxygens (including phenoxy) is 4. The van der Waals surface area contributed by atoms with Crippen molar-refractivity contribution >= 4 is 17.8 Å². The Morgan fingerprint density at radius 1 is 1.04 bits per heavy atom. The van der Waals surface area contributed by atoms with E-state index in [2.05, 4.69) is 10.6 Å².